The molecule has 0 fully saturated rings. The van der Waals surface area contributed by atoms with Gasteiger partial charge < -0.3 is 9.84 Å². The standard InChI is InChI=1S/C11H13ClO3/c1-7-8(3-4-11(13)14)5-9(15-2)6-10(7)12/h5-6H,3-4H2,1-2H3,(H,13,14). The zero-order valence-corrected chi connectivity index (χ0v) is 9.47. The van der Waals surface area contributed by atoms with Crippen LogP contribution >= 0.6 is 11.6 Å². The number of carbonyl (C=O) groups is 1. The number of hydrogen-bond acceptors (Lipinski definition) is 2. The van der Waals surface area contributed by atoms with Crippen molar-refractivity contribution in [2.45, 2.75) is 19.8 Å². The third-order valence-corrected chi connectivity index (χ3v) is 2.66. The summed E-state index contributed by atoms with van der Waals surface area (Å²) in [4.78, 5) is 10.5. The van der Waals surface area contributed by atoms with Crippen molar-refractivity contribution < 1.29 is 14.6 Å². The van der Waals surface area contributed by atoms with Gasteiger partial charge in [-0.1, -0.05) is 11.6 Å². The zero-order chi connectivity index (χ0) is 11.4. The lowest BCUT2D eigenvalue weighted by atomic mass is 10.0. The lowest BCUT2D eigenvalue weighted by Crippen LogP contribution is -2.00. The molecule has 1 rings (SSSR count). The number of hydrogen-bond donors (Lipinski definition) is 1. The largest absolute Gasteiger partial charge is 0.497 e. The summed E-state index contributed by atoms with van der Waals surface area (Å²) in [7, 11) is 1.56. The Kier molecular flexibility index (Phi) is 3.97. The Balaban J connectivity index is 2.94. The topological polar surface area (TPSA) is 46.5 Å². The number of aryl methyl sites for hydroxylation is 1. The molecule has 0 saturated heterocycles. The molecule has 3 nitrogen and oxygen atoms in total. The Morgan fingerprint density at radius 1 is 1.53 bits per heavy atom. The molecule has 0 amide bonds. The van der Waals surface area contributed by atoms with E-state index in [-0.39, 0.29) is 6.42 Å². The fourth-order valence-corrected chi connectivity index (χ4v) is 1.56. The van der Waals surface area contributed by atoms with Crippen LogP contribution in [0.2, 0.25) is 5.02 Å². The van der Waals surface area contributed by atoms with Crippen LogP contribution in [-0.4, -0.2) is 18.2 Å². The highest BCUT2D eigenvalue weighted by Crippen LogP contribution is 2.26. The summed E-state index contributed by atoms with van der Waals surface area (Å²) < 4.78 is 5.07. The molecular weight excluding hydrogens is 216 g/mol. The lowest BCUT2D eigenvalue weighted by molar-refractivity contribution is -0.136. The molecule has 4 heteroatoms. The quantitative estimate of drug-likeness (QED) is 0.862. The molecule has 1 N–H and O–H groups in total. The Bertz CT molecular complexity index is 374. The van der Waals surface area contributed by atoms with Crippen LogP contribution in [0.15, 0.2) is 12.1 Å². The van der Waals surface area contributed by atoms with Gasteiger partial charge in [0.05, 0.1) is 7.11 Å². The number of carboxylic acid groups (broad SMARTS) is 1. The first-order valence-corrected chi connectivity index (χ1v) is 4.97. The molecular formula is C11H13ClO3. The van der Waals surface area contributed by atoms with E-state index in [2.05, 4.69) is 0 Å². The van der Waals surface area contributed by atoms with Crippen LogP contribution in [0.25, 0.3) is 0 Å². The SMILES string of the molecule is COc1cc(Cl)c(C)c(CCC(=O)O)c1. The molecule has 0 aromatic heterocycles. The predicted molar refractivity (Wildman–Crippen MR) is 58.7 cm³/mol. The minimum absolute atomic E-state index is 0.102. The van der Waals surface area contributed by atoms with Crippen molar-refractivity contribution in [1.82, 2.24) is 0 Å². The van der Waals surface area contributed by atoms with Gasteiger partial charge in [0.1, 0.15) is 5.75 Å². The number of benzene rings is 1. The van der Waals surface area contributed by atoms with Gasteiger partial charge in [0, 0.05) is 11.4 Å². The Morgan fingerprint density at radius 3 is 2.73 bits per heavy atom. The second-order valence-corrected chi connectivity index (χ2v) is 3.69. The first kappa shape index (κ1) is 11.9. The van der Waals surface area contributed by atoms with Crippen LogP contribution in [0.1, 0.15) is 17.5 Å². The van der Waals surface area contributed by atoms with E-state index in [0.717, 1.165) is 11.1 Å². The van der Waals surface area contributed by atoms with Crippen LogP contribution in [0.3, 0.4) is 0 Å². The van der Waals surface area contributed by atoms with Crippen LogP contribution in [0.5, 0.6) is 5.75 Å². The van der Waals surface area contributed by atoms with E-state index in [1.165, 1.54) is 0 Å². The van der Waals surface area contributed by atoms with E-state index >= 15 is 0 Å². The van der Waals surface area contributed by atoms with Crippen LogP contribution in [-0.2, 0) is 11.2 Å². The van der Waals surface area contributed by atoms with Crippen molar-refractivity contribution in [1.29, 1.82) is 0 Å². The highest BCUT2D eigenvalue weighted by molar-refractivity contribution is 6.31. The average molecular weight is 229 g/mol. The first-order chi connectivity index (χ1) is 7.04. The van der Waals surface area contributed by atoms with Crippen molar-refractivity contribution in [3.63, 3.8) is 0 Å². The van der Waals surface area contributed by atoms with Crippen molar-refractivity contribution in [3.05, 3.63) is 28.3 Å². The molecule has 0 aliphatic heterocycles. The number of halogens is 1. The van der Waals surface area contributed by atoms with Crippen molar-refractivity contribution in [3.8, 4) is 5.75 Å². The summed E-state index contributed by atoms with van der Waals surface area (Å²) >= 11 is 5.99. The summed E-state index contributed by atoms with van der Waals surface area (Å²) in [6.07, 6.45) is 0.572. The van der Waals surface area contributed by atoms with Gasteiger partial charge in [0.15, 0.2) is 0 Å². The van der Waals surface area contributed by atoms with Crippen LogP contribution in [0.4, 0.5) is 0 Å². The first-order valence-electron chi connectivity index (χ1n) is 4.59. The monoisotopic (exact) mass is 228 g/mol. The minimum atomic E-state index is -0.812. The molecule has 0 saturated carbocycles. The molecule has 1 aromatic carbocycles. The van der Waals surface area contributed by atoms with Crippen molar-refractivity contribution in [2.24, 2.45) is 0 Å². The Morgan fingerprint density at radius 2 is 2.20 bits per heavy atom. The van der Waals surface area contributed by atoms with E-state index in [0.29, 0.717) is 17.2 Å². The smallest absolute Gasteiger partial charge is 0.303 e. The number of carboxylic acids is 1. The van der Waals surface area contributed by atoms with E-state index in [4.69, 9.17) is 21.4 Å². The Hall–Kier alpha value is -1.22. The Labute approximate surface area is 93.6 Å². The second-order valence-electron chi connectivity index (χ2n) is 3.29. The van der Waals surface area contributed by atoms with Gasteiger partial charge in [-0.25, -0.2) is 0 Å². The fourth-order valence-electron chi connectivity index (χ4n) is 1.33. The van der Waals surface area contributed by atoms with E-state index in [9.17, 15) is 4.79 Å². The number of ether oxygens (including phenoxy) is 1. The van der Waals surface area contributed by atoms with Crippen molar-refractivity contribution >= 4 is 17.6 Å². The maximum Gasteiger partial charge on any atom is 0.303 e. The fraction of sp³-hybridized carbons (Fsp3) is 0.364. The van der Waals surface area contributed by atoms with Crippen molar-refractivity contribution in [2.75, 3.05) is 7.11 Å². The second kappa shape index (κ2) is 5.03. The summed E-state index contributed by atoms with van der Waals surface area (Å²) in [5.74, 6) is -0.153. The minimum Gasteiger partial charge on any atom is -0.497 e. The highest BCUT2D eigenvalue weighted by atomic mass is 35.5. The molecule has 0 spiro atoms. The molecule has 0 aliphatic rings. The summed E-state index contributed by atoms with van der Waals surface area (Å²) in [6, 6.07) is 3.55. The van der Waals surface area contributed by atoms with Gasteiger partial charge in [-0.2, -0.15) is 0 Å². The van der Waals surface area contributed by atoms with E-state index in [1.54, 1.807) is 13.2 Å². The average Bonchev–Trinajstić information content (AvgIpc) is 2.19. The summed E-state index contributed by atoms with van der Waals surface area (Å²) in [6.45, 7) is 1.87. The van der Waals surface area contributed by atoms with Gasteiger partial charge in [-0.3, -0.25) is 4.79 Å². The van der Waals surface area contributed by atoms with E-state index < -0.39 is 5.97 Å². The third-order valence-electron chi connectivity index (χ3n) is 2.27. The van der Waals surface area contributed by atoms with Gasteiger partial charge >= 0.3 is 5.97 Å². The number of rotatable bonds is 4. The molecule has 15 heavy (non-hydrogen) atoms. The molecule has 0 radical (unpaired) electrons. The molecule has 0 atom stereocenters. The maximum atomic E-state index is 10.5. The predicted octanol–water partition coefficient (Wildman–Crippen LogP) is 2.67. The summed E-state index contributed by atoms with van der Waals surface area (Å²) in [5.41, 5.74) is 1.83. The molecule has 1 aromatic rings. The third kappa shape index (κ3) is 3.13. The van der Waals surface area contributed by atoms with Gasteiger partial charge in [-0.05, 0) is 36.6 Å². The van der Waals surface area contributed by atoms with Gasteiger partial charge in [0.25, 0.3) is 0 Å². The normalized spacial score (nSPS) is 10.1. The summed E-state index contributed by atoms with van der Waals surface area (Å²) in [5, 5.41) is 9.20. The number of aliphatic carboxylic acids is 1. The van der Waals surface area contributed by atoms with Gasteiger partial charge in [-0.15, -0.1) is 0 Å². The zero-order valence-electron chi connectivity index (χ0n) is 8.71. The highest BCUT2D eigenvalue weighted by Gasteiger charge is 2.07. The maximum absolute atomic E-state index is 10.5. The molecule has 0 unspecified atom stereocenters. The molecule has 0 bridgehead atoms. The van der Waals surface area contributed by atoms with Gasteiger partial charge in [0.2, 0.25) is 0 Å². The number of methoxy groups -OCH3 is 1. The molecule has 0 aliphatic carbocycles. The van der Waals surface area contributed by atoms with Crippen LogP contribution < -0.4 is 4.74 Å². The van der Waals surface area contributed by atoms with Crippen LogP contribution in [0, 0.1) is 6.92 Å². The molecule has 82 valence electrons. The lowest BCUT2D eigenvalue weighted by Gasteiger charge is -2.09. The molecule has 0 heterocycles. The van der Waals surface area contributed by atoms with E-state index in [1.807, 2.05) is 13.0 Å².